The number of alkyl halides is 1. The van der Waals surface area contributed by atoms with E-state index in [-0.39, 0.29) is 10.8 Å². The predicted octanol–water partition coefficient (Wildman–Crippen LogP) is 6.28. The zero-order chi connectivity index (χ0) is 12.8. The van der Waals surface area contributed by atoms with E-state index in [1.807, 2.05) is 0 Å². The molecule has 18 heavy (non-hydrogen) atoms. The Morgan fingerprint density at radius 2 is 1.83 bits per heavy atom. The Morgan fingerprint density at radius 1 is 1.17 bits per heavy atom. The summed E-state index contributed by atoms with van der Waals surface area (Å²) >= 11 is 15.6. The normalized spacial score (nSPS) is 18.6. The van der Waals surface area contributed by atoms with Crippen LogP contribution in [0.4, 0.5) is 0 Å². The van der Waals surface area contributed by atoms with E-state index < -0.39 is 0 Å². The molecule has 1 unspecified atom stereocenters. The van der Waals surface area contributed by atoms with Crippen molar-refractivity contribution in [1.82, 2.24) is 0 Å². The Morgan fingerprint density at radius 3 is 2.33 bits per heavy atom. The van der Waals surface area contributed by atoms with Gasteiger partial charge in [-0.25, -0.2) is 0 Å². The maximum absolute atomic E-state index is 6.77. The van der Waals surface area contributed by atoms with E-state index >= 15 is 0 Å². The molecule has 0 aliphatic heterocycles. The van der Waals surface area contributed by atoms with Crippen molar-refractivity contribution in [3.63, 3.8) is 0 Å². The second-order valence-electron chi connectivity index (χ2n) is 4.66. The van der Waals surface area contributed by atoms with Gasteiger partial charge in [-0.1, -0.05) is 30.3 Å². The highest BCUT2D eigenvalue weighted by molar-refractivity contribution is 9.12. The quantitative estimate of drug-likeness (QED) is 0.526. The third-order valence-corrected chi connectivity index (χ3v) is 6.62. The van der Waals surface area contributed by atoms with Crippen molar-refractivity contribution < 1.29 is 0 Å². The first-order valence-corrected chi connectivity index (χ1v) is 8.62. The van der Waals surface area contributed by atoms with E-state index in [1.54, 1.807) is 11.3 Å². The van der Waals surface area contributed by atoms with Gasteiger partial charge in [0.25, 0.3) is 0 Å². The third kappa shape index (κ3) is 2.20. The Balaban J connectivity index is 1.98. The minimum atomic E-state index is 0.0387. The second-order valence-corrected chi connectivity index (χ2v) is 8.85. The first kappa shape index (κ1) is 13.2. The lowest BCUT2D eigenvalue weighted by Crippen LogP contribution is -2.13. The summed E-state index contributed by atoms with van der Waals surface area (Å²) in [6.07, 6.45) is 2.34. The SMILES string of the molecule is ClC(c1cc(Br)sc1Br)C1(c2ccccc2)CC1. The fraction of sp³-hybridized carbons (Fsp3) is 0.286. The van der Waals surface area contributed by atoms with Crippen LogP contribution >= 0.6 is 54.8 Å². The van der Waals surface area contributed by atoms with Gasteiger partial charge in [0.1, 0.15) is 0 Å². The van der Waals surface area contributed by atoms with Crippen molar-refractivity contribution in [1.29, 1.82) is 0 Å². The molecule has 0 N–H and O–H groups in total. The molecule has 3 rings (SSSR count). The van der Waals surface area contributed by atoms with Crippen molar-refractivity contribution in [2.45, 2.75) is 23.6 Å². The molecular formula is C14H11Br2ClS. The molecule has 1 aliphatic rings. The van der Waals surface area contributed by atoms with Crippen LogP contribution in [-0.4, -0.2) is 0 Å². The molecule has 0 nitrogen and oxygen atoms in total. The van der Waals surface area contributed by atoms with Crippen molar-refractivity contribution >= 4 is 54.8 Å². The first-order valence-electron chi connectivity index (χ1n) is 5.78. The molecule has 0 spiro atoms. The maximum atomic E-state index is 6.77. The van der Waals surface area contributed by atoms with Crippen LogP contribution in [0, 0.1) is 0 Å². The highest BCUT2D eigenvalue weighted by atomic mass is 79.9. The molecular weight excluding hydrogens is 395 g/mol. The predicted molar refractivity (Wildman–Crippen MR) is 85.7 cm³/mol. The molecule has 1 saturated carbocycles. The van der Waals surface area contributed by atoms with E-state index in [2.05, 4.69) is 68.3 Å². The first-order chi connectivity index (χ1) is 8.63. The molecule has 0 bridgehead atoms. The largest absolute Gasteiger partial charge is 0.121 e. The summed E-state index contributed by atoms with van der Waals surface area (Å²) in [6, 6.07) is 12.8. The fourth-order valence-electron chi connectivity index (χ4n) is 2.42. The average Bonchev–Trinajstić information content (AvgIpc) is 3.11. The van der Waals surface area contributed by atoms with Gasteiger partial charge in [0.05, 0.1) is 12.9 Å². The Bertz CT molecular complexity index is 560. The number of hydrogen-bond acceptors (Lipinski definition) is 1. The molecule has 0 saturated heterocycles. The average molecular weight is 407 g/mol. The van der Waals surface area contributed by atoms with E-state index in [0.29, 0.717) is 0 Å². The maximum Gasteiger partial charge on any atom is 0.0757 e. The van der Waals surface area contributed by atoms with Gasteiger partial charge in [0.2, 0.25) is 0 Å². The van der Waals surface area contributed by atoms with Gasteiger partial charge in [-0.15, -0.1) is 22.9 Å². The minimum Gasteiger partial charge on any atom is -0.121 e. The Kier molecular flexibility index (Phi) is 3.61. The van der Waals surface area contributed by atoms with Crippen LogP contribution in [0.25, 0.3) is 0 Å². The Labute approximate surface area is 133 Å². The van der Waals surface area contributed by atoms with Gasteiger partial charge >= 0.3 is 0 Å². The molecule has 0 radical (unpaired) electrons. The van der Waals surface area contributed by atoms with Gasteiger partial charge in [-0.05, 0) is 61.9 Å². The van der Waals surface area contributed by atoms with Crippen LogP contribution < -0.4 is 0 Å². The van der Waals surface area contributed by atoms with E-state index in [9.17, 15) is 0 Å². The topological polar surface area (TPSA) is 0 Å². The summed E-state index contributed by atoms with van der Waals surface area (Å²) in [5.41, 5.74) is 2.69. The van der Waals surface area contributed by atoms with E-state index in [1.165, 1.54) is 24.0 Å². The molecule has 1 fully saturated rings. The molecule has 1 aliphatic carbocycles. The zero-order valence-corrected chi connectivity index (χ0v) is 14.2. The molecule has 1 aromatic heterocycles. The monoisotopic (exact) mass is 404 g/mol. The third-order valence-electron chi connectivity index (χ3n) is 3.58. The van der Waals surface area contributed by atoms with E-state index in [4.69, 9.17) is 11.6 Å². The van der Waals surface area contributed by atoms with Crippen LogP contribution in [0.1, 0.15) is 29.3 Å². The molecule has 1 heterocycles. The van der Waals surface area contributed by atoms with Gasteiger partial charge in [-0.2, -0.15) is 0 Å². The summed E-state index contributed by atoms with van der Waals surface area (Å²) in [4.78, 5) is 0. The molecule has 1 aromatic carbocycles. The Hall–Kier alpha value is 0.170. The molecule has 94 valence electrons. The lowest BCUT2D eigenvalue weighted by molar-refractivity contribution is 0.662. The summed E-state index contributed by atoms with van der Waals surface area (Å²) in [5, 5.41) is 0.0387. The molecule has 2 aromatic rings. The molecule has 0 amide bonds. The van der Waals surface area contributed by atoms with Gasteiger partial charge < -0.3 is 0 Å². The van der Waals surface area contributed by atoms with Crippen LogP contribution in [0.15, 0.2) is 44.0 Å². The zero-order valence-electron chi connectivity index (χ0n) is 9.50. The second kappa shape index (κ2) is 4.93. The highest BCUT2D eigenvalue weighted by Crippen LogP contribution is 2.60. The van der Waals surface area contributed by atoms with Crippen molar-refractivity contribution in [2.24, 2.45) is 0 Å². The van der Waals surface area contributed by atoms with Gasteiger partial charge in [0.15, 0.2) is 0 Å². The number of hydrogen-bond donors (Lipinski definition) is 0. The molecule has 1 atom stereocenters. The van der Waals surface area contributed by atoms with Crippen LogP contribution in [-0.2, 0) is 5.41 Å². The minimum absolute atomic E-state index is 0.0387. The van der Waals surface area contributed by atoms with E-state index in [0.717, 1.165) is 7.57 Å². The summed E-state index contributed by atoms with van der Waals surface area (Å²) < 4.78 is 2.26. The smallest absolute Gasteiger partial charge is 0.0757 e. The van der Waals surface area contributed by atoms with Gasteiger partial charge in [-0.3, -0.25) is 0 Å². The number of benzene rings is 1. The van der Waals surface area contributed by atoms with Crippen LogP contribution in [0.2, 0.25) is 0 Å². The number of rotatable bonds is 3. The summed E-state index contributed by atoms with van der Waals surface area (Å²) in [7, 11) is 0. The molecule has 4 heteroatoms. The van der Waals surface area contributed by atoms with Crippen molar-refractivity contribution in [3.8, 4) is 0 Å². The standard InChI is InChI=1S/C14H11Br2ClS/c15-11-8-10(13(16)18-11)12(17)14(6-7-14)9-4-2-1-3-5-9/h1-5,8,12H,6-7H2. The van der Waals surface area contributed by atoms with Crippen LogP contribution in [0.5, 0.6) is 0 Å². The number of halogens is 3. The fourth-order valence-corrected chi connectivity index (χ4v) is 6.03. The summed E-state index contributed by atoms with van der Waals surface area (Å²) in [5.74, 6) is 0. The lowest BCUT2D eigenvalue weighted by atomic mass is 9.89. The summed E-state index contributed by atoms with van der Waals surface area (Å²) in [6.45, 7) is 0. The van der Waals surface area contributed by atoms with Gasteiger partial charge in [0, 0.05) is 5.41 Å². The highest BCUT2D eigenvalue weighted by Gasteiger charge is 2.51. The van der Waals surface area contributed by atoms with Crippen molar-refractivity contribution in [2.75, 3.05) is 0 Å². The lowest BCUT2D eigenvalue weighted by Gasteiger charge is -2.22. The van der Waals surface area contributed by atoms with Crippen molar-refractivity contribution in [3.05, 3.63) is 55.1 Å². The van der Waals surface area contributed by atoms with Crippen LogP contribution in [0.3, 0.4) is 0 Å². The number of thiophene rings is 1.